The van der Waals surface area contributed by atoms with Crippen molar-refractivity contribution in [2.24, 2.45) is 0 Å². The monoisotopic (exact) mass is 481 g/mol. The topological polar surface area (TPSA) is 56.5 Å². The van der Waals surface area contributed by atoms with E-state index in [-0.39, 0.29) is 22.3 Å². The largest absolute Gasteiger partial charge is 0.465 e. The van der Waals surface area contributed by atoms with Gasteiger partial charge in [-0.15, -0.1) is 0 Å². The van der Waals surface area contributed by atoms with Crippen LogP contribution in [0.4, 0.5) is 0 Å². The van der Waals surface area contributed by atoms with Gasteiger partial charge >= 0.3 is 11.7 Å². The van der Waals surface area contributed by atoms with E-state index in [4.69, 9.17) is 39.5 Å². The van der Waals surface area contributed by atoms with Crippen LogP contribution in [-0.4, -0.2) is 46.2 Å². The summed E-state index contributed by atoms with van der Waals surface area (Å²) < 4.78 is 8.03. The molecule has 0 bridgehead atoms. The van der Waals surface area contributed by atoms with Gasteiger partial charge in [0.2, 0.25) is 0 Å². The Morgan fingerprint density at radius 1 is 1.16 bits per heavy atom. The number of ether oxygens (including phenoxy) is 1. The molecule has 1 aliphatic rings. The number of hydrogen-bond donors (Lipinski definition) is 0. The standard InChI is InChI=1S/C22H22Cl3N3O3/c1-3-26-8-4-5-15(26)12-27-19-10-13(21(29)31-2)9-17(25)20(19)28(22(27)30)18-7-6-14(23)11-16(18)24/h6-7,9-11,15H,3-5,8,12H2,1-2H3. The Labute approximate surface area is 194 Å². The van der Waals surface area contributed by atoms with Crippen molar-refractivity contribution in [3.05, 3.63) is 61.4 Å². The molecular formula is C22H22Cl3N3O3. The highest BCUT2D eigenvalue weighted by Crippen LogP contribution is 2.32. The van der Waals surface area contributed by atoms with Gasteiger partial charge in [0.15, 0.2) is 0 Å². The molecule has 1 aliphatic heterocycles. The summed E-state index contributed by atoms with van der Waals surface area (Å²) in [5.74, 6) is -0.517. The van der Waals surface area contributed by atoms with Crippen LogP contribution in [0.25, 0.3) is 16.7 Å². The number of likely N-dealkylation sites (N-methyl/N-ethyl adjacent to an activating group) is 1. The SMILES string of the molecule is CCN1CCCC1Cn1c(=O)n(-c2ccc(Cl)cc2Cl)c2c(Cl)cc(C(=O)OC)cc21. The van der Waals surface area contributed by atoms with Crippen molar-refractivity contribution in [2.45, 2.75) is 32.4 Å². The lowest BCUT2D eigenvalue weighted by Gasteiger charge is -2.23. The number of imidazole rings is 1. The minimum absolute atomic E-state index is 0.225. The fourth-order valence-electron chi connectivity index (χ4n) is 4.36. The van der Waals surface area contributed by atoms with Gasteiger partial charge in [-0.2, -0.15) is 0 Å². The van der Waals surface area contributed by atoms with E-state index in [9.17, 15) is 9.59 Å². The maximum atomic E-state index is 13.7. The summed E-state index contributed by atoms with van der Waals surface area (Å²) in [4.78, 5) is 28.2. The molecule has 0 aliphatic carbocycles. The Morgan fingerprint density at radius 2 is 1.94 bits per heavy atom. The average Bonchev–Trinajstić information content (AvgIpc) is 3.31. The Balaban J connectivity index is 1.99. The van der Waals surface area contributed by atoms with Gasteiger partial charge in [-0.3, -0.25) is 14.0 Å². The van der Waals surface area contributed by atoms with Crippen LogP contribution in [0.5, 0.6) is 0 Å². The normalized spacial score (nSPS) is 16.9. The second-order valence-corrected chi connectivity index (χ2v) is 8.82. The van der Waals surface area contributed by atoms with Gasteiger partial charge in [0.1, 0.15) is 0 Å². The van der Waals surface area contributed by atoms with Gasteiger partial charge < -0.3 is 4.74 Å². The molecule has 0 amide bonds. The highest BCUT2D eigenvalue weighted by atomic mass is 35.5. The first-order valence-electron chi connectivity index (χ1n) is 10.1. The van der Waals surface area contributed by atoms with Crippen molar-refractivity contribution in [1.82, 2.24) is 14.0 Å². The molecule has 1 fully saturated rings. The first-order chi connectivity index (χ1) is 14.8. The molecule has 2 heterocycles. The van der Waals surface area contributed by atoms with E-state index in [0.717, 1.165) is 25.9 Å². The zero-order valence-corrected chi connectivity index (χ0v) is 19.5. The van der Waals surface area contributed by atoms with Crippen molar-refractivity contribution in [3.63, 3.8) is 0 Å². The van der Waals surface area contributed by atoms with Crippen LogP contribution in [0.3, 0.4) is 0 Å². The first kappa shape index (κ1) is 22.2. The van der Waals surface area contributed by atoms with E-state index in [1.54, 1.807) is 28.8 Å². The molecule has 0 N–H and O–H groups in total. The maximum absolute atomic E-state index is 13.7. The van der Waals surface area contributed by atoms with Gasteiger partial charge in [-0.25, -0.2) is 9.59 Å². The van der Waals surface area contributed by atoms with Gasteiger partial charge in [0, 0.05) is 17.6 Å². The summed E-state index contributed by atoms with van der Waals surface area (Å²) in [5, 5.41) is 1.06. The predicted octanol–water partition coefficient (Wildman–Crippen LogP) is 5.02. The van der Waals surface area contributed by atoms with Gasteiger partial charge in [-0.1, -0.05) is 41.7 Å². The number of aromatic nitrogens is 2. The Morgan fingerprint density at radius 3 is 2.61 bits per heavy atom. The van der Waals surface area contributed by atoms with Crippen molar-refractivity contribution in [1.29, 1.82) is 0 Å². The lowest BCUT2D eigenvalue weighted by atomic mass is 10.1. The van der Waals surface area contributed by atoms with Crippen molar-refractivity contribution < 1.29 is 9.53 Å². The molecule has 31 heavy (non-hydrogen) atoms. The lowest BCUT2D eigenvalue weighted by Crippen LogP contribution is -2.36. The fourth-order valence-corrected chi connectivity index (χ4v) is 5.15. The van der Waals surface area contributed by atoms with E-state index < -0.39 is 5.97 Å². The summed E-state index contributed by atoms with van der Waals surface area (Å²) >= 11 is 19.1. The summed E-state index contributed by atoms with van der Waals surface area (Å²) in [6.45, 7) is 4.52. The van der Waals surface area contributed by atoms with E-state index in [1.165, 1.54) is 17.7 Å². The van der Waals surface area contributed by atoms with Gasteiger partial charge in [0.25, 0.3) is 0 Å². The highest BCUT2D eigenvalue weighted by Gasteiger charge is 2.27. The zero-order valence-electron chi connectivity index (χ0n) is 17.2. The van der Waals surface area contributed by atoms with E-state index in [2.05, 4.69) is 11.8 Å². The lowest BCUT2D eigenvalue weighted by molar-refractivity contribution is 0.0601. The van der Waals surface area contributed by atoms with Gasteiger partial charge in [0.05, 0.1) is 39.4 Å². The number of hydrogen-bond acceptors (Lipinski definition) is 4. The number of carbonyl (C=O) groups excluding carboxylic acids is 1. The number of benzene rings is 2. The third-order valence-electron chi connectivity index (χ3n) is 5.85. The van der Waals surface area contributed by atoms with E-state index in [1.807, 2.05) is 0 Å². The summed E-state index contributed by atoms with van der Waals surface area (Å²) in [5.41, 5.74) is 1.54. The highest BCUT2D eigenvalue weighted by molar-refractivity contribution is 6.37. The summed E-state index contributed by atoms with van der Waals surface area (Å²) in [6.07, 6.45) is 2.09. The molecule has 2 aromatic carbocycles. The first-order valence-corrected chi connectivity index (χ1v) is 11.2. The number of methoxy groups -OCH3 is 1. The second kappa shape index (κ2) is 8.87. The number of fused-ring (bicyclic) bond motifs is 1. The molecule has 9 heteroatoms. The van der Waals surface area contributed by atoms with Crippen LogP contribution in [0.15, 0.2) is 35.1 Å². The Kier molecular flexibility index (Phi) is 6.35. The second-order valence-electron chi connectivity index (χ2n) is 7.57. The van der Waals surface area contributed by atoms with Crippen LogP contribution >= 0.6 is 34.8 Å². The third-order valence-corrected chi connectivity index (χ3v) is 6.68. The van der Waals surface area contributed by atoms with E-state index >= 15 is 0 Å². The quantitative estimate of drug-likeness (QED) is 0.479. The minimum Gasteiger partial charge on any atom is -0.465 e. The molecule has 1 unspecified atom stereocenters. The van der Waals surface area contributed by atoms with Crippen LogP contribution in [0.2, 0.25) is 15.1 Å². The summed E-state index contributed by atoms with van der Waals surface area (Å²) in [6, 6.07) is 8.33. The minimum atomic E-state index is -0.517. The number of nitrogens with zero attached hydrogens (tertiary/aromatic N) is 3. The smallest absolute Gasteiger partial charge is 0.337 e. The molecule has 1 atom stereocenters. The number of rotatable bonds is 5. The predicted molar refractivity (Wildman–Crippen MR) is 124 cm³/mol. The molecule has 4 rings (SSSR count). The van der Waals surface area contributed by atoms with Gasteiger partial charge in [-0.05, 0) is 56.3 Å². The summed E-state index contributed by atoms with van der Waals surface area (Å²) in [7, 11) is 1.31. The fraction of sp³-hybridized carbons (Fsp3) is 0.364. The number of carbonyl (C=O) groups is 1. The van der Waals surface area contributed by atoms with Crippen molar-refractivity contribution in [3.8, 4) is 5.69 Å². The molecule has 6 nitrogen and oxygen atoms in total. The van der Waals surface area contributed by atoms with Crippen LogP contribution in [0, 0.1) is 0 Å². The van der Waals surface area contributed by atoms with Crippen LogP contribution in [0.1, 0.15) is 30.1 Å². The molecule has 164 valence electrons. The molecule has 1 saturated heterocycles. The number of likely N-dealkylation sites (tertiary alicyclic amines) is 1. The number of halogens is 3. The van der Waals surface area contributed by atoms with E-state index in [0.29, 0.717) is 33.3 Å². The van der Waals surface area contributed by atoms with Crippen LogP contribution in [-0.2, 0) is 11.3 Å². The molecule has 3 aromatic rings. The molecule has 1 aromatic heterocycles. The van der Waals surface area contributed by atoms with Crippen LogP contribution < -0.4 is 5.69 Å². The molecular weight excluding hydrogens is 461 g/mol. The molecule has 0 spiro atoms. The van der Waals surface area contributed by atoms with Crippen molar-refractivity contribution in [2.75, 3.05) is 20.2 Å². The van der Waals surface area contributed by atoms with Crippen molar-refractivity contribution >= 4 is 51.8 Å². The maximum Gasteiger partial charge on any atom is 0.337 e. The Hall–Kier alpha value is -1.99. The third kappa shape index (κ3) is 3.98. The Bertz CT molecular complexity index is 1220. The average molecular weight is 483 g/mol. The zero-order chi connectivity index (χ0) is 22.3. The molecule has 0 radical (unpaired) electrons. The number of esters is 1. The molecule has 0 saturated carbocycles.